The largest absolute Gasteiger partial charge is 0.433 e. The summed E-state index contributed by atoms with van der Waals surface area (Å²) in [6.07, 6.45) is -3.14. The van der Waals surface area contributed by atoms with Crippen LogP contribution in [0.25, 0.3) is 11.3 Å². The molecule has 1 saturated heterocycles. The zero-order valence-electron chi connectivity index (χ0n) is 14.3. The third-order valence-electron chi connectivity index (χ3n) is 4.57. The molecule has 1 N–H and O–H groups in total. The number of hydrogen-bond acceptors (Lipinski definition) is 3. The van der Waals surface area contributed by atoms with Crippen molar-refractivity contribution in [3.8, 4) is 11.3 Å². The van der Waals surface area contributed by atoms with Crippen LogP contribution in [0, 0.1) is 6.92 Å². The summed E-state index contributed by atoms with van der Waals surface area (Å²) in [6.45, 7) is 2.35. The van der Waals surface area contributed by atoms with Crippen LogP contribution in [-0.4, -0.2) is 27.4 Å². The molecule has 0 aliphatic carbocycles. The number of benzene rings is 1. The fourth-order valence-corrected chi connectivity index (χ4v) is 3.14. The molecule has 3 rings (SSSR count). The summed E-state index contributed by atoms with van der Waals surface area (Å²) in [5, 5.41) is 9.56. The molecule has 0 bridgehead atoms. The fourth-order valence-electron chi connectivity index (χ4n) is 3.14. The lowest BCUT2D eigenvalue weighted by Gasteiger charge is -2.17. The summed E-state index contributed by atoms with van der Waals surface area (Å²) in [6, 6.07) is 7.86. The smallest absolute Gasteiger partial charge is 0.392 e. The van der Waals surface area contributed by atoms with Gasteiger partial charge in [-0.15, -0.1) is 0 Å². The molecule has 0 saturated carbocycles. The first-order valence-corrected chi connectivity index (χ1v) is 8.35. The van der Waals surface area contributed by atoms with Gasteiger partial charge in [0.05, 0.1) is 12.3 Å². The normalized spacial score (nSPS) is 15.0. The van der Waals surface area contributed by atoms with E-state index in [1.54, 1.807) is 29.2 Å². The van der Waals surface area contributed by atoms with Gasteiger partial charge in [-0.25, -0.2) is 4.98 Å². The fraction of sp³-hybridized carbons (Fsp3) is 0.368. The molecule has 2 heterocycles. The van der Waals surface area contributed by atoms with Crippen molar-refractivity contribution in [3.63, 3.8) is 0 Å². The van der Waals surface area contributed by atoms with E-state index in [-0.39, 0.29) is 11.6 Å². The van der Waals surface area contributed by atoms with E-state index < -0.39 is 18.5 Å². The molecule has 0 radical (unpaired) electrons. The second-order valence-corrected chi connectivity index (χ2v) is 6.42. The lowest BCUT2D eigenvalue weighted by molar-refractivity contribution is -0.141. The third-order valence-corrected chi connectivity index (χ3v) is 4.57. The Morgan fingerprint density at radius 3 is 2.46 bits per heavy atom. The topological polar surface area (TPSA) is 53.4 Å². The van der Waals surface area contributed by atoms with Gasteiger partial charge < -0.3 is 10.0 Å². The monoisotopic (exact) mass is 364 g/mol. The highest BCUT2D eigenvalue weighted by Crippen LogP contribution is 2.33. The number of aliphatic hydroxyl groups is 1. The number of likely N-dealkylation sites (tertiary alicyclic amines) is 1. The van der Waals surface area contributed by atoms with Crippen molar-refractivity contribution < 1.29 is 23.1 Å². The van der Waals surface area contributed by atoms with Crippen molar-refractivity contribution in [2.45, 2.75) is 39.1 Å². The van der Waals surface area contributed by atoms with Crippen LogP contribution in [0.15, 0.2) is 30.3 Å². The Kier molecular flexibility index (Phi) is 5.00. The highest BCUT2D eigenvalue weighted by atomic mass is 19.4. The van der Waals surface area contributed by atoms with Crippen LogP contribution in [0.3, 0.4) is 0 Å². The van der Waals surface area contributed by atoms with E-state index in [2.05, 4.69) is 4.98 Å². The van der Waals surface area contributed by atoms with Gasteiger partial charge in [-0.05, 0) is 30.5 Å². The summed E-state index contributed by atoms with van der Waals surface area (Å²) >= 11 is 0. The van der Waals surface area contributed by atoms with Gasteiger partial charge in [0.1, 0.15) is 5.69 Å². The standard InChI is InChI=1S/C19H19F3N2O2/c1-12-9-16(19(20,21)22)23-18(15(12)11-25)14-6-4-13(5-7-14)10-24-8-2-3-17(24)26/h4-7,9,25H,2-3,8,10-11H2,1H3. The molecule has 0 atom stereocenters. The Balaban J connectivity index is 1.93. The van der Waals surface area contributed by atoms with Crippen LogP contribution in [0.1, 0.15) is 35.2 Å². The van der Waals surface area contributed by atoms with Crippen molar-refractivity contribution in [3.05, 3.63) is 52.7 Å². The number of pyridine rings is 1. The molecule has 1 aromatic heterocycles. The van der Waals surface area contributed by atoms with Gasteiger partial charge >= 0.3 is 6.18 Å². The summed E-state index contributed by atoms with van der Waals surface area (Å²) < 4.78 is 39.2. The zero-order valence-corrected chi connectivity index (χ0v) is 14.3. The molecule has 0 spiro atoms. The van der Waals surface area contributed by atoms with Gasteiger partial charge in [-0.2, -0.15) is 13.2 Å². The Hall–Kier alpha value is -2.41. The predicted molar refractivity (Wildman–Crippen MR) is 90.0 cm³/mol. The highest BCUT2D eigenvalue weighted by Gasteiger charge is 2.33. The average molecular weight is 364 g/mol. The van der Waals surface area contributed by atoms with Crippen LogP contribution in [0.5, 0.6) is 0 Å². The first kappa shape index (κ1) is 18.4. The number of aryl methyl sites for hydroxylation is 1. The first-order valence-electron chi connectivity index (χ1n) is 8.35. The van der Waals surface area contributed by atoms with E-state index in [1.165, 1.54) is 6.92 Å². The SMILES string of the molecule is Cc1cc(C(F)(F)F)nc(-c2ccc(CN3CCCC3=O)cc2)c1CO. The molecule has 0 unspecified atom stereocenters. The number of hydrogen-bond donors (Lipinski definition) is 1. The van der Waals surface area contributed by atoms with Crippen molar-refractivity contribution in [1.29, 1.82) is 0 Å². The number of halogens is 3. The van der Waals surface area contributed by atoms with Gasteiger partial charge in [0.2, 0.25) is 5.91 Å². The molecule has 2 aromatic rings. The minimum atomic E-state index is -4.55. The van der Waals surface area contributed by atoms with Crippen LogP contribution >= 0.6 is 0 Å². The molecular formula is C19H19F3N2O2. The lowest BCUT2D eigenvalue weighted by Crippen LogP contribution is -2.23. The third kappa shape index (κ3) is 3.72. The van der Waals surface area contributed by atoms with E-state index in [1.807, 2.05) is 0 Å². The Morgan fingerprint density at radius 1 is 1.23 bits per heavy atom. The quantitative estimate of drug-likeness (QED) is 0.900. The maximum Gasteiger partial charge on any atom is 0.433 e. The second-order valence-electron chi connectivity index (χ2n) is 6.42. The number of aromatic nitrogens is 1. The van der Waals surface area contributed by atoms with Gasteiger partial charge in [-0.1, -0.05) is 24.3 Å². The minimum Gasteiger partial charge on any atom is -0.392 e. The van der Waals surface area contributed by atoms with Gasteiger partial charge in [-0.3, -0.25) is 4.79 Å². The molecule has 1 aliphatic rings. The molecule has 1 aromatic carbocycles. The molecule has 1 fully saturated rings. The van der Waals surface area contributed by atoms with E-state index in [4.69, 9.17) is 0 Å². The molecule has 26 heavy (non-hydrogen) atoms. The van der Waals surface area contributed by atoms with Crippen molar-refractivity contribution in [2.75, 3.05) is 6.54 Å². The predicted octanol–water partition coefficient (Wildman–Crippen LogP) is 3.69. The number of carbonyl (C=O) groups excluding carboxylic acids is 1. The van der Waals surface area contributed by atoms with Gasteiger partial charge in [0.25, 0.3) is 0 Å². The van der Waals surface area contributed by atoms with Crippen molar-refractivity contribution in [2.24, 2.45) is 0 Å². The number of carbonyl (C=O) groups is 1. The van der Waals surface area contributed by atoms with Crippen molar-refractivity contribution in [1.82, 2.24) is 9.88 Å². The molecular weight excluding hydrogens is 345 g/mol. The molecule has 1 amide bonds. The number of nitrogens with zero attached hydrogens (tertiary/aromatic N) is 2. The van der Waals surface area contributed by atoms with Gasteiger partial charge in [0, 0.05) is 30.6 Å². The Morgan fingerprint density at radius 2 is 1.92 bits per heavy atom. The molecule has 138 valence electrons. The molecule has 4 nitrogen and oxygen atoms in total. The minimum absolute atomic E-state index is 0.117. The highest BCUT2D eigenvalue weighted by molar-refractivity contribution is 5.78. The van der Waals surface area contributed by atoms with Crippen LogP contribution < -0.4 is 0 Å². The first-order chi connectivity index (χ1) is 12.3. The van der Waals surface area contributed by atoms with E-state index in [0.29, 0.717) is 29.7 Å². The van der Waals surface area contributed by atoms with Crippen LogP contribution in [-0.2, 0) is 24.1 Å². The Labute approximate surface area is 149 Å². The number of aliphatic hydroxyl groups excluding tert-OH is 1. The lowest BCUT2D eigenvalue weighted by atomic mass is 10.00. The number of rotatable bonds is 4. The van der Waals surface area contributed by atoms with Crippen LogP contribution in [0.2, 0.25) is 0 Å². The van der Waals surface area contributed by atoms with Gasteiger partial charge in [0.15, 0.2) is 0 Å². The van der Waals surface area contributed by atoms with E-state index in [0.717, 1.165) is 24.6 Å². The number of alkyl halides is 3. The summed E-state index contributed by atoms with van der Waals surface area (Å²) in [4.78, 5) is 17.2. The molecule has 1 aliphatic heterocycles. The van der Waals surface area contributed by atoms with E-state index in [9.17, 15) is 23.1 Å². The van der Waals surface area contributed by atoms with Crippen LogP contribution in [0.4, 0.5) is 13.2 Å². The van der Waals surface area contributed by atoms with Crippen molar-refractivity contribution >= 4 is 5.91 Å². The molecule has 7 heteroatoms. The summed E-state index contributed by atoms with van der Waals surface area (Å²) in [5.41, 5.74) is 1.27. The van der Waals surface area contributed by atoms with E-state index >= 15 is 0 Å². The number of amides is 1. The maximum atomic E-state index is 13.1. The Bertz CT molecular complexity index is 817. The summed E-state index contributed by atoms with van der Waals surface area (Å²) in [7, 11) is 0. The maximum absolute atomic E-state index is 13.1. The average Bonchev–Trinajstić information content (AvgIpc) is 2.99. The zero-order chi connectivity index (χ0) is 18.9. The second kappa shape index (κ2) is 7.07. The summed E-state index contributed by atoms with van der Waals surface area (Å²) in [5.74, 6) is 0.117.